The van der Waals surface area contributed by atoms with E-state index in [4.69, 9.17) is 0 Å². The van der Waals surface area contributed by atoms with Crippen molar-refractivity contribution in [2.45, 2.75) is 57.5 Å². The molecule has 2 atom stereocenters. The summed E-state index contributed by atoms with van der Waals surface area (Å²) in [7, 11) is 1.76. The summed E-state index contributed by atoms with van der Waals surface area (Å²) in [5.74, 6) is -0.699. The molecule has 2 unspecified atom stereocenters. The van der Waals surface area contributed by atoms with Gasteiger partial charge < -0.3 is 15.3 Å². The van der Waals surface area contributed by atoms with Crippen LogP contribution in [-0.2, 0) is 4.79 Å². The Morgan fingerprint density at radius 2 is 2.00 bits per heavy atom. The second-order valence-electron chi connectivity index (χ2n) is 5.07. The lowest BCUT2D eigenvalue weighted by Crippen LogP contribution is -2.49. The molecule has 1 saturated carbocycles. The van der Waals surface area contributed by atoms with Crippen molar-refractivity contribution in [3.63, 3.8) is 0 Å². The van der Waals surface area contributed by atoms with Gasteiger partial charge in [-0.2, -0.15) is 0 Å². The van der Waals surface area contributed by atoms with Crippen LogP contribution in [-0.4, -0.2) is 47.7 Å². The lowest BCUT2D eigenvalue weighted by molar-refractivity contribution is -0.144. The summed E-state index contributed by atoms with van der Waals surface area (Å²) in [5.41, 5.74) is -0.690. The van der Waals surface area contributed by atoms with Crippen LogP contribution in [0.1, 0.15) is 46.0 Å². The summed E-state index contributed by atoms with van der Waals surface area (Å²) in [6.07, 6.45) is 4.74. The van der Waals surface area contributed by atoms with Crippen LogP contribution >= 0.6 is 0 Å². The predicted molar refractivity (Wildman–Crippen MR) is 69.2 cm³/mol. The zero-order chi connectivity index (χ0) is 12.9. The van der Waals surface area contributed by atoms with E-state index < -0.39 is 11.5 Å². The number of likely N-dealkylation sites (N-methyl/N-ethyl adjacent to an activating group) is 1. The molecule has 0 aromatic carbocycles. The molecule has 17 heavy (non-hydrogen) atoms. The van der Waals surface area contributed by atoms with Crippen molar-refractivity contribution >= 4 is 5.97 Å². The molecule has 1 fully saturated rings. The molecule has 0 amide bonds. The largest absolute Gasteiger partial charge is 0.480 e. The molecule has 100 valence electrons. The molecule has 0 aromatic rings. The van der Waals surface area contributed by atoms with Crippen molar-refractivity contribution in [2.75, 3.05) is 20.1 Å². The molecular formula is C13H26N2O2. The molecule has 4 heteroatoms. The maximum absolute atomic E-state index is 11.4. The number of carboxylic acids is 1. The van der Waals surface area contributed by atoms with Gasteiger partial charge in [0.2, 0.25) is 0 Å². The number of aliphatic carboxylic acids is 1. The monoisotopic (exact) mass is 242 g/mol. The summed E-state index contributed by atoms with van der Waals surface area (Å²) in [4.78, 5) is 13.8. The van der Waals surface area contributed by atoms with Crippen molar-refractivity contribution in [3.05, 3.63) is 0 Å². The second-order valence-corrected chi connectivity index (χ2v) is 5.07. The number of hydrogen-bond acceptors (Lipinski definition) is 3. The van der Waals surface area contributed by atoms with Gasteiger partial charge in [0.05, 0.1) is 0 Å². The topological polar surface area (TPSA) is 52.6 Å². The zero-order valence-corrected chi connectivity index (χ0v) is 11.3. The molecular weight excluding hydrogens is 216 g/mol. The van der Waals surface area contributed by atoms with Crippen molar-refractivity contribution in [2.24, 2.45) is 0 Å². The Labute approximate surface area is 104 Å². The number of nitrogens with one attached hydrogen (secondary N) is 1. The van der Waals surface area contributed by atoms with Crippen LogP contribution in [0.25, 0.3) is 0 Å². The van der Waals surface area contributed by atoms with Gasteiger partial charge in [0.25, 0.3) is 0 Å². The van der Waals surface area contributed by atoms with Gasteiger partial charge in [-0.25, -0.2) is 0 Å². The normalized spacial score (nSPS) is 28.8. The SMILES string of the molecule is CCCN(CCC)C1CCC(NC)(C(=O)O)C1. The van der Waals surface area contributed by atoms with E-state index in [0.29, 0.717) is 6.04 Å². The van der Waals surface area contributed by atoms with Crippen LogP contribution in [0.4, 0.5) is 0 Å². The lowest BCUT2D eigenvalue weighted by atomic mass is 9.97. The molecule has 0 saturated heterocycles. The average molecular weight is 242 g/mol. The van der Waals surface area contributed by atoms with Gasteiger partial charge in [0, 0.05) is 6.04 Å². The first-order valence-corrected chi connectivity index (χ1v) is 6.76. The molecule has 0 radical (unpaired) electrons. The van der Waals surface area contributed by atoms with E-state index in [9.17, 15) is 9.90 Å². The molecule has 1 aliphatic rings. The number of carbonyl (C=O) groups is 1. The van der Waals surface area contributed by atoms with E-state index in [0.717, 1.165) is 45.2 Å². The van der Waals surface area contributed by atoms with Gasteiger partial charge in [0.1, 0.15) is 5.54 Å². The van der Waals surface area contributed by atoms with Crippen LogP contribution in [0.15, 0.2) is 0 Å². The summed E-state index contributed by atoms with van der Waals surface area (Å²) in [6.45, 7) is 6.52. The van der Waals surface area contributed by atoms with E-state index in [1.807, 2.05) is 0 Å². The summed E-state index contributed by atoms with van der Waals surface area (Å²) >= 11 is 0. The van der Waals surface area contributed by atoms with Crippen LogP contribution in [0.5, 0.6) is 0 Å². The van der Waals surface area contributed by atoms with E-state index in [1.54, 1.807) is 7.05 Å². The van der Waals surface area contributed by atoms with Gasteiger partial charge in [0.15, 0.2) is 0 Å². The third kappa shape index (κ3) is 3.19. The average Bonchev–Trinajstić information content (AvgIpc) is 2.74. The third-order valence-electron chi connectivity index (χ3n) is 3.91. The first-order valence-electron chi connectivity index (χ1n) is 6.76. The third-order valence-corrected chi connectivity index (χ3v) is 3.91. The highest BCUT2D eigenvalue weighted by molar-refractivity contribution is 5.79. The molecule has 4 nitrogen and oxygen atoms in total. The van der Waals surface area contributed by atoms with Gasteiger partial charge in [-0.3, -0.25) is 4.79 Å². The Kier molecular flexibility index (Phi) is 5.40. The van der Waals surface area contributed by atoms with Crippen LogP contribution in [0, 0.1) is 0 Å². The van der Waals surface area contributed by atoms with Crippen LogP contribution in [0.2, 0.25) is 0 Å². The molecule has 2 N–H and O–H groups in total. The van der Waals surface area contributed by atoms with E-state index >= 15 is 0 Å². The molecule has 0 aromatic heterocycles. The maximum Gasteiger partial charge on any atom is 0.323 e. The van der Waals surface area contributed by atoms with Crippen LogP contribution in [0.3, 0.4) is 0 Å². The van der Waals surface area contributed by atoms with Gasteiger partial charge in [-0.15, -0.1) is 0 Å². The molecule has 0 heterocycles. The predicted octanol–water partition coefficient (Wildman–Crippen LogP) is 1.70. The Bertz CT molecular complexity index is 252. The molecule has 1 aliphatic carbocycles. The summed E-state index contributed by atoms with van der Waals surface area (Å²) < 4.78 is 0. The fourth-order valence-corrected chi connectivity index (χ4v) is 2.91. The minimum absolute atomic E-state index is 0.429. The highest BCUT2D eigenvalue weighted by atomic mass is 16.4. The van der Waals surface area contributed by atoms with E-state index in [2.05, 4.69) is 24.1 Å². The molecule has 1 rings (SSSR count). The molecule has 0 aliphatic heterocycles. The Balaban J connectivity index is 2.66. The van der Waals surface area contributed by atoms with Crippen molar-refractivity contribution < 1.29 is 9.90 Å². The molecule has 0 bridgehead atoms. The van der Waals surface area contributed by atoms with Gasteiger partial charge >= 0.3 is 5.97 Å². The number of carboxylic acid groups (broad SMARTS) is 1. The quantitative estimate of drug-likeness (QED) is 0.713. The maximum atomic E-state index is 11.4. The second kappa shape index (κ2) is 6.36. The summed E-state index contributed by atoms with van der Waals surface area (Å²) in [6, 6.07) is 0.429. The van der Waals surface area contributed by atoms with Gasteiger partial charge in [-0.05, 0) is 52.2 Å². The standard InChI is InChI=1S/C13H26N2O2/c1-4-8-15(9-5-2)11-6-7-13(10-11,14-3)12(16)17/h11,14H,4-10H2,1-3H3,(H,16,17). The van der Waals surface area contributed by atoms with E-state index in [1.165, 1.54) is 0 Å². The fourth-order valence-electron chi connectivity index (χ4n) is 2.91. The highest BCUT2D eigenvalue weighted by Gasteiger charge is 2.45. The number of rotatable bonds is 7. The van der Waals surface area contributed by atoms with Crippen molar-refractivity contribution in [1.29, 1.82) is 0 Å². The highest BCUT2D eigenvalue weighted by Crippen LogP contribution is 2.33. The smallest absolute Gasteiger partial charge is 0.323 e. The zero-order valence-electron chi connectivity index (χ0n) is 11.3. The van der Waals surface area contributed by atoms with E-state index in [-0.39, 0.29) is 0 Å². The van der Waals surface area contributed by atoms with Crippen LogP contribution < -0.4 is 5.32 Å². The first-order chi connectivity index (χ1) is 8.09. The minimum Gasteiger partial charge on any atom is -0.480 e. The number of nitrogens with zero attached hydrogens (tertiary/aromatic N) is 1. The lowest BCUT2D eigenvalue weighted by Gasteiger charge is -2.30. The number of hydrogen-bond donors (Lipinski definition) is 2. The van der Waals surface area contributed by atoms with Crippen molar-refractivity contribution in [1.82, 2.24) is 10.2 Å². The van der Waals surface area contributed by atoms with Gasteiger partial charge in [-0.1, -0.05) is 13.8 Å². The molecule has 0 spiro atoms. The Hall–Kier alpha value is -0.610. The Morgan fingerprint density at radius 3 is 2.35 bits per heavy atom. The fraction of sp³-hybridized carbons (Fsp3) is 0.923. The van der Waals surface area contributed by atoms with Crippen molar-refractivity contribution in [3.8, 4) is 0 Å². The Morgan fingerprint density at radius 1 is 1.41 bits per heavy atom. The summed E-state index contributed by atoms with van der Waals surface area (Å²) in [5, 5.41) is 12.4. The minimum atomic E-state index is -0.699. The first kappa shape index (κ1) is 14.5.